The molecule has 6 nitrogen and oxygen atoms in total. The molecule has 23 heavy (non-hydrogen) atoms. The number of imidazole rings is 1. The molecule has 0 fully saturated rings. The average Bonchev–Trinajstić information content (AvgIpc) is 3.20. The predicted octanol–water partition coefficient (Wildman–Crippen LogP) is 2.82. The first-order valence-corrected chi connectivity index (χ1v) is 7.67. The molecule has 0 bridgehead atoms. The molecule has 1 N–H and O–H groups in total. The van der Waals surface area contributed by atoms with Crippen LogP contribution in [0.3, 0.4) is 0 Å². The Labute approximate surface area is 134 Å². The molecular formula is C17H19N3O3. The van der Waals surface area contributed by atoms with Crippen LogP contribution in [0.15, 0.2) is 41.1 Å². The van der Waals surface area contributed by atoms with Crippen molar-refractivity contribution in [1.82, 2.24) is 14.7 Å². The quantitative estimate of drug-likeness (QED) is 0.760. The van der Waals surface area contributed by atoms with E-state index >= 15 is 0 Å². The lowest BCUT2D eigenvalue weighted by Crippen LogP contribution is -2.25. The Balaban J connectivity index is 1.95. The first-order chi connectivity index (χ1) is 11.2. The highest BCUT2D eigenvalue weighted by molar-refractivity contribution is 5.95. The van der Waals surface area contributed by atoms with E-state index in [-0.39, 0.29) is 5.91 Å². The van der Waals surface area contributed by atoms with E-state index in [1.807, 2.05) is 38.2 Å². The molecule has 0 aliphatic heterocycles. The first-order valence-electron chi connectivity index (χ1n) is 7.67. The van der Waals surface area contributed by atoms with E-state index in [2.05, 4.69) is 10.3 Å². The molecular weight excluding hydrogens is 294 g/mol. The maximum absolute atomic E-state index is 12.6. The Hall–Kier alpha value is -2.76. The summed E-state index contributed by atoms with van der Waals surface area (Å²) < 4.78 is 12.6. The van der Waals surface area contributed by atoms with Gasteiger partial charge < -0.3 is 14.5 Å². The van der Waals surface area contributed by atoms with E-state index in [1.54, 1.807) is 16.7 Å². The zero-order valence-corrected chi connectivity index (χ0v) is 13.2. The third-order valence-electron chi connectivity index (χ3n) is 3.54. The summed E-state index contributed by atoms with van der Waals surface area (Å²) in [6.07, 6.45) is 4.07. The van der Waals surface area contributed by atoms with Crippen LogP contribution in [0.2, 0.25) is 0 Å². The van der Waals surface area contributed by atoms with Gasteiger partial charge in [0.2, 0.25) is 0 Å². The molecule has 120 valence electrons. The number of aromatic nitrogens is 2. The fourth-order valence-electron chi connectivity index (χ4n) is 2.51. The van der Waals surface area contributed by atoms with Crippen LogP contribution >= 0.6 is 0 Å². The lowest BCUT2D eigenvalue weighted by atomic mass is 10.2. The fourth-order valence-corrected chi connectivity index (χ4v) is 2.51. The van der Waals surface area contributed by atoms with Gasteiger partial charge in [-0.25, -0.2) is 4.98 Å². The molecule has 0 aromatic carbocycles. The van der Waals surface area contributed by atoms with Crippen LogP contribution in [0.25, 0.3) is 5.65 Å². The average molecular weight is 313 g/mol. The smallest absolute Gasteiger partial charge is 0.270 e. The highest BCUT2D eigenvalue weighted by atomic mass is 16.5. The molecule has 3 heterocycles. The number of pyridine rings is 1. The van der Waals surface area contributed by atoms with Crippen LogP contribution in [-0.2, 0) is 13.0 Å². The molecule has 0 unspecified atom stereocenters. The van der Waals surface area contributed by atoms with Gasteiger partial charge in [0.25, 0.3) is 5.91 Å². The number of carbonyl (C=O) groups is 1. The molecule has 0 aliphatic carbocycles. The van der Waals surface area contributed by atoms with Crippen LogP contribution < -0.4 is 10.1 Å². The van der Waals surface area contributed by atoms with Gasteiger partial charge in [0, 0.05) is 6.20 Å². The number of furan rings is 1. The number of amides is 1. The van der Waals surface area contributed by atoms with Crippen molar-refractivity contribution < 1.29 is 13.9 Å². The Bertz CT molecular complexity index is 806. The minimum absolute atomic E-state index is 0.181. The standard InChI is InChI=1S/C17H19N3O3/c1-3-13-15(17(21)18-11-12-7-6-10-23-12)20-9-5-8-14(22-4-2)16(20)19-13/h5-10H,3-4,11H2,1-2H3,(H,18,21). The summed E-state index contributed by atoms with van der Waals surface area (Å²) in [7, 11) is 0. The molecule has 1 amide bonds. The van der Waals surface area contributed by atoms with Crippen molar-refractivity contribution >= 4 is 11.6 Å². The van der Waals surface area contributed by atoms with Gasteiger partial charge in [-0.15, -0.1) is 0 Å². The number of fused-ring (bicyclic) bond motifs is 1. The monoisotopic (exact) mass is 313 g/mol. The second-order valence-electron chi connectivity index (χ2n) is 5.02. The summed E-state index contributed by atoms with van der Waals surface area (Å²) in [6.45, 7) is 4.79. The number of rotatable bonds is 6. The van der Waals surface area contributed by atoms with Crippen LogP contribution in [0.5, 0.6) is 5.75 Å². The molecule has 3 aromatic rings. The molecule has 0 spiro atoms. The van der Waals surface area contributed by atoms with Gasteiger partial charge in [0.15, 0.2) is 11.4 Å². The van der Waals surface area contributed by atoms with Crippen LogP contribution in [0, 0.1) is 0 Å². The van der Waals surface area contributed by atoms with Gasteiger partial charge in [-0.2, -0.15) is 0 Å². The number of aryl methyl sites for hydroxylation is 1. The normalized spacial score (nSPS) is 10.9. The Morgan fingerprint density at radius 1 is 1.35 bits per heavy atom. The van der Waals surface area contributed by atoms with Crippen molar-refractivity contribution in [1.29, 1.82) is 0 Å². The summed E-state index contributed by atoms with van der Waals surface area (Å²) in [5.41, 5.74) is 1.94. The second-order valence-corrected chi connectivity index (χ2v) is 5.02. The van der Waals surface area contributed by atoms with Gasteiger partial charge in [-0.1, -0.05) is 6.92 Å². The molecule has 6 heteroatoms. The zero-order valence-electron chi connectivity index (χ0n) is 13.2. The maximum atomic E-state index is 12.6. The van der Waals surface area contributed by atoms with E-state index in [1.165, 1.54) is 0 Å². The van der Waals surface area contributed by atoms with Crippen molar-refractivity contribution in [2.75, 3.05) is 6.61 Å². The first kappa shape index (κ1) is 15.1. The van der Waals surface area contributed by atoms with Crippen molar-refractivity contribution in [3.63, 3.8) is 0 Å². The molecule has 0 radical (unpaired) electrons. The van der Waals surface area contributed by atoms with E-state index < -0.39 is 0 Å². The Kier molecular flexibility index (Phi) is 4.32. The summed E-state index contributed by atoms with van der Waals surface area (Å²) in [6, 6.07) is 7.32. The molecule has 3 aromatic heterocycles. The van der Waals surface area contributed by atoms with E-state index in [4.69, 9.17) is 9.15 Å². The Morgan fingerprint density at radius 3 is 2.91 bits per heavy atom. The molecule has 0 atom stereocenters. The number of hydrogen-bond acceptors (Lipinski definition) is 4. The van der Waals surface area contributed by atoms with Crippen LogP contribution in [-0.4, -0.2) is 21.9 Å². The molecule has 3 rings (SSSR count). The van der Waals surface area contributed by atoms with E-state index in [0.29, 0.717) is 42.4 Å². The third-order valence-corrected chi connectivity index (χ3v) is 3.54. The van der Waals surface area contributed by atoms with Crippen LogP contribution in [0.1, 0.15) is 35.8 Å². The van der Waals surface area contributed by atoms with Gasteiger partial charge >= 0.3 is 0 Å². The van der Waals surface area contributed by atoms with Crippen molar-refractivity contribution in [3.8, 4) is 5.75 Å². The summed E-state index contributed by atoms with van der Waals surface area (Å²) in [4.78, 5) is 17.2. The number of nitrogens with zero attached hydrogens (tertiary/aromatic N) is 2. The van der Waals surface area contributed by atoms with Crippen LogP contribution in [0.4, 0.5) is 0 Å². The highest BCUT2D eigenvalue weighted by Gasteiger charge is 2.20. The minimum Gasteiger partial charge on any atom is -0.490 e. The number of ether oxygens (including phenoxy) is 1. The highest BCUT2D eigenvalue weighted by Crippen LogP contribution is 2.22. The number of hydrogen-bond donors (Lipinski definition) is 1. The van der Waals surface area contributed by atoms with Crippen molar-refractivity contribution in [2.45, 2.75) is 26.8 Å². The van der Waals surface area contributed by atoms with Gasteiger partial charge in [-0.3, -0.25) is 9.20 Å². The lowest BCUT2D eigenvalue weighted by molar-refractivity contribution is 0.0941. The summed E-state index contributed by atoms with van der Waals surface area (Å²) >= 11 is 0. The summed E-state index contributed by atoms with van der Waals surface area (Å²) in [5, 5.41) is 2.87. The fraction of sp³-hybridized carbons (Fsp3) is 0.294. The van der Waals surface area contributed by atoms with Crippen molar-refractivity contribution in [3.05, 3.63) is 53.9 Å². The lowest BCUT2D eigenvalue weighted by Gasteiger charge is -2.07. The third kappa shape index (κ3) is 2.92. The van der Waals surface area contributed by atoms with Crippen molar-refractivity contribution in [2.24, 2.45) is 0 Å². The molecule has 0 saturated heterocycles. The van der Waals surface area contributed by atoms with Gasteiger partial charge in [0.05, 0.1) is 25.1 Å². The SMILES string of the molecule is CCOc1cccn2c(C(=O)NCc3ccco3)c(CC)nc12. The van der Waals surface area contributed by atoms with E-state index in [9.17, 15) is 4.79 Å². The maximum Gasteiger partial charge on any atom is 0.270 e. The molecule has 0 saturated carbocycles. The topological polar surface area (TPSA) is 68.8 Å². The summed E-state index contributed by atoms with van der Waals surface area (Å²) in [5.74, 6) is 1.20. The van der Waals surface area contributed by atoms with Gasteiger partial charge in [0.1, 0.15) is 11.5 Å². The zero-order chi connectivity index (χ0) is 16.2. The second kappa shape index (κ2) is 6.56. The number of nitrogens with one attached hydrogen (secondary N) is 1. The van der Waals surface area contributed by atoms with Gasteiger partial charge in [-0.05, 0) is 37.6 Å². The van der Waals surface area contributed by atoms with E-state index in [0.717, 1.165) is 5.69 Å². The Morgan fingerprint density at radius 2 is 2.22 bits per heavy atom. The largest absolute Gasteiger partial charge is 0.490 e. The minimum atomic E-state index is -0.181. The number of carbonyl (C=O) groups excluding carboxylic acids is 1. The molecule has 0 aliphatic rings. The predicted molar refractivity (Wildman–Crippen MR) is 85.6 cm³/mol.